The molecule has 0 amide bonds. The first-order valence-electron chi connectivity index (χ1n) is 7.21. The van der Waals surface area contributed by atoms with Crippen LogP contribution in [-0.2, 0) is 23.4 Å². The molecule has 142 valence electrons. The van der Waals surface area contributed by atoms with Gasteiger partial charge in [0.15, 0.2) is 6.29 Å². The third kappa shape index (κ3) is 6.81. The summed E-state index contributed by atoms with van der Waals surface area (Å²) in [6.45, 7) is 1.26. The van der Waals surface area contributed by atoms with Gasteiger partial charge >= 0.3 is 7.82 Å². The Morgan fingerprint density at radius 1 is 1.21 bits per heavy atom. The molecule has 24 heavy (non-hydrogen) atoms. The molecule has 1 heterocycles. The summed E-state index contributed by atoms with van der Waals surface area (Å²) in [7, 11) is -5.04. The molecule has 1 fully saturated rings. The van der Waals surface area contributed by atoms with Crippen LogP contribution in [0.1, 0.15) is 19.8 Å². The standard InChI is InChI=1S/C12H23O11P/c1-6(13)3-2-4-21-5-7(14)11-9(16)8(15)10(17)12(22-11)23-24(18,19)20/h7-12,14-17H,2-5H2,1H3,(H2,18,19,20)/t7-,8+,9+,10?,11?,12+/m1/s1. The SMILES string of the molecule is CC(=O)CCCOC[C@@H](O)C1O[C@@H](OP(=O)(O)O)C(O)[C@@H](O)[C@@H]1O. The summed E-state index contributed by atoms with van der Waals surface area (Å²) in [5.41, 5.74) is 0. The van der Waals surface area contributed by atoms with Crippen LogP contribution < -0.4 is 0 Å². The maximum Gasteiger partial charge on any atom is 0.472 e. The van der Waals surface area contributed by atoms with Crippen molar-refractivity contribution in [3.63, 3.8) is 0 Å². The minimum absolute atomic E-state index is 0.0141. The van der Waals surface area contributed by atoms with Crippen molar-refractivity contribution in [1.82, 2.24) is 0 Å². The van der Waals surface area contributed by atoms with E-state index in [1.807, 2.05) is 0 Å². The van der Waals surface area contributed by atoms with Crippen LogP contribution in [0.5, 0.6) is 0 Å². The summed E-state index contributed by atoms with van der Waals surface area (Å²) < 4.78 is 25.1. The van der Waals surface area contributed by atoms with Gasteiger partial charge in [0, 0.05) is 13.0 Å². The van der Waals surface area contributed by atoms with Gasteiger partial charge in [-0.3, -0.25) is 4.52 Å². The van der Waals surface area contributed by atoms with Crippen molar-refractivity contribution in [2.75, 3.05) is 13.2 Å². The summed E-state index contributed by atoms with van der Waals surface area (Å²) >= 11 is 0. The lowest BCUT2D eigenvalue weighted by Gasteiger charge is -2.41. The normalized spacial score (nSPS) is 32.5. The third-order valence-corrected chi connectivity index (χ3v) is 3.82. The van der Waals surface area contributed by atoms with E-state index in [2.05, 4.69) is 4.52 Å². The number of ketones is 1. The van der Waals surface area contributed by atoms with E-state index in [1.54, 1.807) is 0 Å². The molecular weight excluding hydrogens is 351 g/mol. The van der Waals surface area contributed by atoms with Gasteiger partial charge in [-0.2, -0.15) is 0 Å². The van der Waals surface area contributed by atoms with E-state index in [0.717, 1.165) is 0 Å². The Kier molecular flexibility index (Phi) is 8.36. The van der Waals surface area contributed by atoms with Crippen molar-refractivity contribution in [3.05, 3.63) is 0 Å². The first-order valence-corrected chi connectivity index (χ1v) is 8.75. The van der Waals surface area contributed by atoms with Gasteiger partial charge in [-0.25, -0.2) is 4.57 Å². The second-order valence-electron chi connectivity index (χ2n) is 5.48. The fraction of sp³-hybridized carbons (Fsp3) is 0.917. The molecular formula is C12H23O11P. The fourth-order valence-corrected chi connectivity index (χ4v) is 2.58. The van der Waals surface area contributed by atoms with Crippen LogP contribution in [0, 0.1) is 0 Å². The molecule has 6 atom stereocenters. The predicted octanol–water partition coefficient (Wildman–Crippen LogP) is -2.35. The Morgan fingerprint density at radius 2 is 1.83 bits per heavy atom. The summed E-state index contributed by atoms with van der Waals surface area (Å²) in [5, 5.41) is 39.1. The van der Waals surface area contributed by atoms with Crippen LogP contribution in [0.3, 0.4) is 0 Å². The molecule has 6 N–H and O–H groups in total. The summed E-state index contributed by atoms with van der Waals surface area (Å²) in [4.78, 5) is 28.3. The molecule has 2 unspecified atom stereocenters. The third-order valence-electron chi connectivity index (χ3n) is 3.33. The van der Waals surface area contributed by atoms with Crippen LogP contribution in [0.4, 0.5) is 0 Å². The Morgan fingerprint density at radius 3 is 2.38 bits per heavy atom. The molecule has 0 radical (unpaired) electrons. The Bertz CT molecular complexity index is 452. The molecule has 0 aromatic heterocycles. The van der Waals surface area contributed by atoms with E-state index in [-0.39, 0.29) is 19.0 Å². The molecule has 0 saturated carbocycles. The van der Waals surface area contributed by atoms with E-state index >= 15 is 0 Å². The van der Waals surface area contributed by atoms with Crippen molar-refractivity contribution in [2.24, 2.45) is 0 Å². The Hall–Kier alpha value is -0.460. The lowest BCUT2D eigenvalue weighted by atomic mass is 9.96. The summed E-state index contributed by atoms with van der Waals surface area (Å²) in [6.07, 6.45) is -9.69. The van der Waals surface area contributed by atoms with Gasteiger partial charge in [0.2, 0.25) is 0 Å². The maximum absolute atomic E-state index is 10.8. The van der Waals surface area contributed by atoms with E-state index in [9.17, 15) is 29.8 Å². The van der Waals surface area contributed by atoms with Crippen LogP contribution >= 0.6 is 7.82 Å². The molecule has 0 bridgehead atoms. The highest BCUT2D eigenvalue weighted by molar-refractivity contribution is 7.46. The molecule has 0 aliphatic carbocycles. The quantitative estimate of drug-likeness (QED) is 0.188. The van der Waals surface area contributed by atoms with Gasteiger partial charge in [-0.05, 0) is 13.3 Å². The molecule has 1 aliphatic heterocycles. The highest BCUT2D eigenvalue weighted by atomic mass is 31.2. The van der Waals surface area contributed by atoms with Gasteiger partial charge in [0.1, 0.15) is 36.3 Å². The molecule has 0 spiro atoms. The topological polar surface area (TPSA) is 183 Å². The number of carbonyl (C=O) groups excluding carboxylic acids is 1. The first kappa shape index (κ1) is 21.6. The molecule has 1 saturated heterocycles. The number of aliphatic hydroxyl groups is 4. The largest absolute Gasteiger partial charge is 0.472 e. The number of Topliss-reactive ketones (excluding diaryl/α,β-unsaturated/α-hetero) is 1. The maximum atomic E-state index is 10.8. The van der Waals surface area contributed by atoms with Crippen molar-refractivity contribution in [1.29, 1.82) is 0 Å². The number of phosphoric ester groups is 1. The van der Waals surface area contributed by atoms with E-state index < -0.39 is 44.6 Å². The van der Waals surface area contributed by atoms with E-state index in [0.29, 0.717) is 12.8 Å². The number of carbonyl (C=O) groups is 1. The van der Waals surface area contributed by atoms with Gasteiger partial charge < -0.3 is 44.5 Å². The zero-order chi connectivity index (χ0) is 18.5. The van der Waals surface area contributed by atoms with E-state index in [4.69, 9.17) is 19.3 Å². The molecule has 1 rings (SSSR count). The Balaban J connectivity index is 2.57. The zero-order valence-electron chi connectivity index (χ0n) is 13.0. The number of hydrogen-bond donors (Lipinski definition) is 6. The smallest absolute Gasteiger partial charge is 0.388 e. The van der Waals surface area contributed by atoms with Gasteiger partial charge in [-0.1, -0.05) is 0 Å². The lowest BCUT2D eigenvalue weighted by molar-refractivity contribution is -0.293. The second kappa shape index (κ2) is 9.30. The highest BCUT2D eigenvalue weighted by Gasteiger charge is 2.48. The van der Waals surface area contributed by atoms with Crippen LogP contribution in [0.15, 0.2) is 0 Å². The van der Waals surface area contributed by atoms with Gasteiger partial charge in [0.05, 0.1) is 6.61 Å². The number of rotatable bonds is 9. The van der Waals surface area contributed by atoms with Gasteiger partial charge in [-0.15, -0.1) is 0 Å². The first-order chi connectivity index (χ1) is 11.0. The van der Waals surface area contributed by atoms with Crippen LogP contribution in [-0.4, -0.2) is 86.0 Å². The lowest BCUT2D eigenvalue weighted by Crippen LogP contribution is -2.61. The predicted molar refractivity (Wildman–Crippen MR) is 76.6 cm³/mol. The number of ether oxygens (including phenoxy) is 2. The zero-order valence-corrected chi connectivity index (χ0v) is 13.9. The fourth-order valence-electron chi connectivity index (χ4n) is 2.14. The van der Waals surface area contributed by atoms with Gasteiger partial charge in [0.25, 0.3) is 0 Å². The number of hydrogen-bond acceptors (Lipinski definition) is 9. The summed E-state index contributed by atoms with van der Waals surface area (Å²) in [6, 6.07) is 0. The summed E-state index contributed by atoms with van der Waals surface area (Å²) in [5.74, 6) is -0.0141. The van der Waals surface area contributed by atoms with Crippen molar-refractivity contribution < 1.29 is 53.6 Å². The van der Waals surface area contributed by atoms with Crippen molar-refractivity contribution in [3.8, 4) is 0 Å². The molecule has 1 aliphatic rings. The minimum atomic E-state index is -5.04. The van der Waals surface area contributed by atoms with E-state index in [1.165, 1.54) is 6.92 Å². The number of phosphoric acid groups is 1. The van der Waals surface area contributed by atoms with Crippen molar-refractivity contribution in [2.45, 2.75) is 56.6 Å². The average Bonchev–Trinajstić information content (AvgIpc) is 2.45. The minimum Gasteiger partial charge on any atom is -0.388 e. The number of aliphatic hydroxyl groups excluding tert-OH is 4. The molecule has 11 nitrogen and oxygen atoms in total. The molecule has 12 heteroatoms. The monoisotopic (exact) mass is 374 g/mol. The average molecular weight is 374 g/mol. The second-order valence-corrected chi connectivity index (χ2v) is 6.68. The Labute approximate surface area is 138 Å². The van der Waals surface area contributed by atoms with Crippen LogP contribution in [0.2, 0.25) is 0 Å². The molecule has 0 aromatic rings. The molecule has 0 aromatic carbocycles. The van der Waals surface area contributed by atoms with Crippen molar-refractivity contribution >= 4 is 13.6 Å². The van der Waals surface area contributed by atoms with Crippen LogP contribution in [0.25, 0.3) is 0 Å². The highest BCUT2D eigenvalue weighted by Crippen LogP contribution is 2.40.